The third kappa shape index (κ3) is 8.01. The first-order valence-corrected chi connectivity index (χ1v) is 5.12. The maximum absolute atomic E-state index is 10.4. The first-order chi connectivity index (χ1) is 6.41. The van der Waals surface area contributed by atoms with Crippen LogP contribution < -0.4 is 11.1 Å². The van der Waals surface area contributed by atoms with Crippen LogP contribution in [0.2, 0.25) is 0 Å². The Labute approximate surface area is 85.9 Å². The monoisotopic (exact) mass is 202 g/mol. The van der Waals surface area contributed by atoms with Crippen LogP contribution >= 0.6 is 0 Å². The Morgan fingerprint density at radius 1 is 1.43 bits per heavy atom. The number of carboxylic acid groups (broad SMARTS) is 1. The van der Waals surface area contributed by atoms with Crippen LogP contribution in [0.5, 0.6) is 0 Å². The van der Waals surface area contributed by atoms with Gasteiger partial charge in [-0.2, -0.15) is 0 Å². The summed E-state index contributed by atoms with van der Waals surface area (Å²) >= 11 is 0. The normalized spacial score (nSPS) is 15.5. The molecule has 4 nitrogen and oxygen atoms in total. The van der Waals surface area contributed by atoms with Crippen LogP contribution in [0.1, 0.15) is 33.6 Å². The molecule has 0 aromatic carbocycles. The van der Waals surface area contributed by atoms with E-state index in [2.05, 4.69) is 19.2 Å². The highest BCUT2D eigenvalue weighted by atomic mass is 16.4. The molecule has 0 aromatic heterocycles. The molecule has 0 aliphatic rings. The van der Waals surface area contributed by atoms with E-state index >= 15 is 0 Å². The summed E-state index contributed by atoms with van der Waals surface area (Å²) in [4.78, 5) is 10.4. The lowest BCUT2D eigenvalue weighted by Crippen LogP contribution is -2.38. The summed E-state index contributed by atoms with van der Waals surface area (Å²) in [7, 11) is 0. The molecule has 4 heteroatoms. The van der Waals surface area contributed by atoms with Gasteiger partial charge in [0.05, 0.1) is 0 Å². The molecule has 0 spiro atoms. The predicted molar refractivity (Wildman–Crippen MR) is 57.1 cm³/mol. The highest BCUT2D eigenvalue weighted by molar-refractivity contribution is 5.66. The first-order valence-electron chi connectivity index (χ1n) is 5.12. The molecule has 0 rings (SSSR count). The summed E-state index contributed by atoms with van der Waals surface area (Å²) in [6, 6.07) is 0.475. The van der Waals surface area contributed by atoms with Gasteiger partial charge < -0.3 is 16.2 Å². The Morgan fingerprint density at radius 3 is 2.43 bits per heavy atom. The van der Waals surface area contributed by atoms with Crippen molar-refractivity contribution in [3.8, 4) is 0 Å². The first kappa shape index (κ1) is 13.4. The van der Waals surface area contributed by atoms with E-state index in [4.69, 9.17) is 10.8 Å². The Morgan fingerprint density at radius 2 is 2.00 bits per heavy atom. The van der Waals surface area contributed by atoms with E-state index in [0.29, 0.717) is 6.04 Å². The van der Waals surface area contributed by atoms with E-state index in [-0.39, 0.29) is 18.4 Å². The van der Waals surface area contributed by atoms with Crippen LogP contribution in [0, 0.1) is 5.92 Å². The maximum Gasteiger partial charge on any atom is 0.303 e. The molecule has 0 aliphatic carbocycles. The van der Waals surface area contributed by atoms with E-state index in [1.165, 1.54) is 0 Å². The van der Waals surface area contributed by atoms with Gasteiger partial charge in [-0.3, -0.25) is 4.79 Å². The number of carbonyl (C=O) groups is 1. The van der Waals surface area contributed by atoms with Crippen molar-refractivity contribution in [3.63, 3.8) is 0 Å². The Balaban J connectivity index is 3.59. The van der Waals surface area contributed by atoms with Crippen LogP contribution in [0.25, 0.3) is 0 Å². The lowest BCUT2D eigenvalue weighted by Gasteiger charge is -2.17. The Bertz CT molecular complexity index is 172. The second-order valence-electron chi connectivity index (χ2n) is 4.26. The van der Waals surface area contributed by atoms with Crippen molar-refractivity contribution in [1.29, 1.82) is 0 Å². The van der Waals surface area contributed by atoms with E-state index in [9.17, 15) is 4.79 Å². The second kappa shape index (κ2) is 6.79. The van der Waals surface area contributed by atoms with Crippen LogP contribution in [-0.2, 0) is 4.79 Å². The van der Waals surface area contributed by atoms with Gasteiger partial charge in [0, 0.05) is 25.0 Å². The predicted octanol–water partition coefficient (Wildman–Crippen LogP) is 0.813. The number of nitrogens with two attached hydrogens (primary N) is 1. The summed E-state index contributed by atoms with van der Waals surface area (Å²) in [6.45, 7) is 6.80. The number of carboxylic acids is 1. The molecular formula is C10H22N2O2. The fraction of sp³-hybridized carbons (Fsp3) is 0.900. The minimum absolute atomic E-state index is 0.0479. The maximum atomic E-state index is 10.4. The minimum Gasteiger partial charge on any atom is -0.481 e. The fourth-order valence-corrected chi connectivity index (χ4v) is 1.37. The van der Waals surface area contributed by atoms with Gasteiger partial charge in [0.2, 0.25) is 0 Å². The largest absolute Gasteiger partial charge is 0.481 e. The zero-order chi connectivity index (χ0) is 11.1. The van der Waals surface area contributed by atoms with Crippen LogP contribution in [0.15, 0.2) is 0 Å². The molecule has 0 aliphatic heterocycles. The van der Waals surface area contributed by atoms with Crippen molar-refractivity contribution < 1.29 is 9.90 Å². The number of hydrogen-bond donors (Lipinski definition) is 3. The third-order valence-corrected chi connectivity index (χ3v) is 2.02. The van der Waals surface area contributed by atoms with Gasteiger partial charge in [0.15, 0.2) is 0 Å². The fourth-order valence-electron chi connectivity index (χ4n) is 1.37. The molecule has 0 fully saturated rings. The average molecular weight is 202 g/mol. The minimum atomic E-state index is -0.749. The molecule has 0 aromatic rings. The van der Waals surface area contributed by atoms with E-state index < -0.39 is 5.97 Å². The Hall–Kier alpha value is -0.610. The molecule has 14 heavy (non-hydrogen) atoms. The van der Waals surface area contributed by atoms with Crippen molar-refractivity contribution >= 4 is 5.97 Å². The topological polar surface area (TPSA) is 75.3 Å². The summed E-state index contributed by atoms with van der Waals surface area (Å²) < 4.78 is 0. The van der Waals surface area contributed by atoms with Gasteiger partial charge in [-0.1, -0.05) is 20.8 Å². The molecule has 0 unspecified atom stereocenters. The lowest BCUT2D eigenvalue weighted by molar-refractivity contribution is -0.138. The number of rotatable bonds is 7. The molecule has 0 heterocycles. The van der Waals surface area contributed by atoms with E-state index in [1.807, 2.05) is 6.92 Å². The molecule has 84 valence electrons. The van der Waals surface area contributed by atoms with Crippen molar-refractivity contribution in [1.82, 2.24) is 5.32 Å². The molecule has 0 saturated carbocycles. The quantitative estimate of drug-likeness (QED) is 0.571. The summed E-state index contributed by atoms with van der Waals surface area (Å²) in [6.07, 6.45) is 0.960. The molecule has 0 amide bonds. The van der Waals surface area contributed by atoms with Gasteiger partial charge >= 0.3 is 5.97 Å². The highest BCUT2D eigenvalue weighted by Gasteiger charge is 2.12. The van der Waals surface area contributed by atoms with Crippen LogP contribution in [0.3, 0.4) is 0 Å². The number of hydrogen-bond acceptors (Lipinski definition) is 3. The van der Waals surface area contributed by atoms with Crippen molar-refractivity contribution in [3.05, 3.63) is 0 Å². The van der Waals surface area contributed by atoms with Gasteiger partial charge in [0.25, 0.3) is 0 Å². The second-order valence-corrected chi connectivity index (χ2v) is 4.26. The summed E-state index contributed by atoms with van der Waals surface area (Å²) in [5, 5.41) is 11.8. The highest BCUT2D eigenvalue weighted by Crippen LogP contribution is 2.08. The smallest absolute Gasteiger partial charge is 0.303 e. The molecular weight excluding hydrogens is 180 g/mol. The van der Waals surface area contributed by atoms with E-state index in [0.717, 1.165) is 13.0 Å². The van der Waals surface area contributed by atoms with E-state index in [1.54, 1.807) is 0 Å². The van der Waals surface area contributed by atoms with Gasteiger partial charge in [-0.15, -0.1) is 0 Å². The average Bonchev–Trinajstić information content (AvgIpc) is 1.98. The van der Waals surface area contributed by atoms with Gasteiger partial charge in [0.1, 0.15) is 0 Å². The number of nitrogens with one attached hydrogen (secondary N) is 1. The summed E-state index contributed by atoms with van der Waals surface area (Å²) in [5.74, 6) is -0.599. The standard InChI is InChI=1S/C10H22N2O2/c1-7(2)12-6-9(11)4-8(3)5-10(13)14/h7-9,12H,4-6,11H2,1-3H3,(H,13,14)/t8-,9-/m1/s1. The van der Waals surface area contributed by atoms with Gasteiger partial charge in [-0.25, -0.2) is 0 Å². The zero-order valence-corrected chi connectivity index (χ0v) is 9.29. The van der Waals surface area contributed by atoms with Gasteiger partial charge in [-0.05, 0) is 12.3 Å². The summed E-state index contributed by atoms with van der Waals surface area (Å²) in [5.41, 5.74) is 5.84. The SMILES string of the molecule is CC(C)NC[C@H](N)C[C@@H](C)CC(=O)O. The zero-order valence-electron chi connectivity index (χ0n) is 9.29. The van der Waals surface area contributed by atoms with Crippen LogP contribution in [0.4, 0.5) is 0 Å². The van der Waals surface area contributed by atoms with Crippen molar-refractivity contribution in [2.24, 2.45) is 11.7 Å². The van der Waals surface area contributed by atoms with Crippen molar-refractivity contribution in [2.45, 2.75) is 45.7 Å². The van der Waals surface area contributed by atoms with Crippen molar-refractivity contribution in [2.75, 3.05) is 6.54 Å². The molecule has 4 N–H and O–H groups in total. The van der Waals surface area contributed by atoms with Crippen LogP contribution in [-0.4, -0.2) is 29.7 Å². The molecule has 0 radical (unpaired) electrons. The third-order valence-electron chi connectivity index (χ3n) is 2.02. The molecule has 2 atom stereocenters. The Kier molecular flexibility index (Phi) is 6.49. The molecule has 0 bridgehead atoms. The lowest BCUT2D eigenvalue weighted by atomic mass is 9.99. The molecule has 0 saturated heterocycles. The number of aliphatic carboxylic acids is 1.